The van der Waals surface area contributed by atoms with E-state index in [9.17, 15) is 4.79 Å². The highest BCUT2D eigenvalue weighted by atomic mass is 16.5. The van der Waals surface area contributed by atoms with E-state index in [1.165, 1.54) is 0 Å². The summed E-state index contributed by atoms with van der Waals surface area (Å²) in [6.45, 7) is 0.356. The summed E-state index contributed by atoms with van der Waals surface area (Å²) in [4.78, 5) is 13.5. The average Bonchev–Trinajstić information content (AvgIpc) is 2.87. The van der Waals surface area contributed by atoms with Crippen molar-refractivity contribution < 1.29 is 14.3 Å². The van der Waals surface area contributed by atoms with Gasteiger partial charge < -0.3 is 14.8 Å². The number of carbonyl (C=O) groups is 1. The second kappa shape index (κ2) is 10.3. The smallest absolute Gasteiger partial charge is 0.259 e. The van der Waals surface area contributed by atoms with Gasteiger partial charge in [-0.3, -0.25) is 4.79 Å². The third kappa shape index (κ3) is 4.98. The first-order valence-corrected chi connectivity index (χ1v) is 10.5. The maximum Gasteiger partial charge on any atom is 0.259 e. The lowest BCUT2D eigenvalue weighted by Gasteiger charge is -2.22. The first-order valence-electron chi connectivity index (χ1n) is 10.5. The zero-order valence-electron chi connectivity index (χ0n) is 17.9. The zero-order valence-corrected chi connectivity index (χ0v) is 17.9. The molecule has 0 aliphatic heterocycles. The third-order valence-corrected chi connectivity index (χ3v) is 5.21. The van der Waals surface area contributed by atoms with E-state index in [-0.39, 0.29) is 11.9 Å². The number of hydrogen-bond donors (Lipinski definition) is 1. The van der Waals surface area contributed by atoms with E-state index in [4.69, 9.17) is 9.47 Å². The fourth-order valence-corrected chi connectivity index (χ4v) is 3.61. The molecule has 1 amide bonds. The van der Waals surface area contributed by atoms with Crippen LogP contribution in [-0.2, 0) is 6.61 Å². The van der Waals surface area contributed by atoms with E-state index >= 15 is 0 Å². The standard InChI is InChI=1S/C28H25NO3/c1-31-24-18-11-19-25(32-20-21-12-5-2-6-13-21)26(24)28(30)29-27(22-14-7-3-8-15-22)23-16-9-4-10-17-23/h2-19,27H,20H2,1H3,(H,29,30). The summed E-state index contributed by atoms with van der Waals surface area (Å²) in [5.74, 6) is 0.682. The first kappa shape index (κ1) is 21.2. The SMILES string of the molecule is COc1cccc(OCc2ccccc2)c1C(=O)NC(c1ccccc1)c1ccccc1. The maximum atomic E-state index is 13.5. The molecule has 0 aromatic heterocycles. The van der Waals surface area contributed by atoms with E-state index in [2.05, 4.69) is 5.32 Å². The molecule has 4 aromatic rings. The van der Waals surface area contributed by atoms with Crippen LogP contribution in [0.5, 0.6) is 11.5 Å². The number of carbonyl (C=O) groups excluding carboxylic acids is 1. The van der Waals surface area contributed by atoms with Crippen LogP contribution >= 0.6 is 0 Å². The minimum Gasteiger partial charge on any atom is -0.496 e. The zero-order chi connectivity index (χ0) is 22.2. The van der Waals surface area contributed by atoms with Gasteiger partial charge in [-0.25, -0.2) is 0 Å². The Labute approximate surface area is 188 Å². The number of ether oxygens (including phenoxy) is 2. The minimum atomic E-state index is -0.309. The van der Waals surface area contributed by atoms with E-state index in [0.29, 0.717) is 23.7 Å². The van der Waals surface area contributed by atoms with Gasteiger partial charge in [-0.2, -0.15) is 0 Å². The van der Waals surface area contributed by atoms with Crippen molar-refractivity contribution in [3.63, 3.8) is 0 Å². The van der Waals surface area contributed by atoms with Gasteiger partial charge in [0.25, 0.3) is 5.91 Å². The molecular formula is C28H25NO3. The molecule has 0 fully saturated rings. The molecular weight excluding hydrogens is 398 g/mol. The van der Waals surface area contributed by atoms with Crippen LogP contribution in [0.25, 0.3) is 0 Å². The molecule has 0 atom stereocenters. The minimum absolute atomic E-state index is 0.261. The maximum absolute atomic E-state index is 13.5. The van der Waals surface area contributed by atoms with Crippen LogP contribution in [0.4, 0.5) is 0 Å². The van der Waals surface area contributed by atoms with Crippen molar-refractivity contribution in [3.8, 4) is 11.5 Å². The van der Waals surface area contributed by atoms with E-state index < -0.39 is 0 Å². The largest absolute Gasteiger partial charge is 0.496 e. The van der Waals surface area contributed by atoms with Gasteiger partial charge >= 0.3 is 0 Å². The predicted octanol–water partition coefficient (Wildman–Crippen LogP) is 5.79. The molecule has 0 aliphatic rings. The Bertz CT molecular complexity index is 1110. The van der Waals surface area contributed by atoms with E-state index in [0.717, 1.165) is 16.7 Å². The number of amides is 1. The van der Waals surface area contributed by atoms with Crippen molar-refractivity contribution >= 4 is 5.91 Å². The van der Waals surface area contributed by atoms with Gasteiger partial charge in [-0.1, -0.05) is 97.1 Å². The van der Waals surface area contributed by atoms with Gasteiger partial charge in [0.1, 0.15) is 23.7 Å². The van der Waals surface area contributed by atoms with Gasteiger partial charge in [0.2, 0.25) is 0 Å². The molecule has 160 valence electrons. The highest BCUT2D eigenvalue weighted by molar-refractivity contribution is 6.00. The topological polar surface area (TPSA) is 47.6 Å². The molecule has 4 heteroatoms. The van der Waals surface area contributed by atoms with Crippen LogP contribution in [0.15, 0.2) is 109 Å². The lowest BCUT2D eigenvalue weighted by atomic mass is 9.98. The first-order chi connectivity index (χ1) is 15.8. The van der Waals surface area contributed by atoms with Crippen LogP contribution < -0.4 is 14.8 Å². The molecule has 4 nitrogen and oxygen atoms in total. The summed E-state index contributed by atoms with van der Waals surface area (Å²) >= 11 is 0. The number of rotatable bonds is 8. The fourth-order valence-electron chi connectivity index (χ4n) is 3.61. The number of nitrogens with one attached hydrogen (secondary N) is 1. The second-order valence-corrected chi connectivity index (χ2v) is 7.34. The Hall–Kier alpha value is -4.05. The third-order valence-electron chi connectivity index (χ3n) is 5.21. The fraction of sp³-hybridized carbons (Fsp3) is 0.107. The molecule has 4 rings (SSSR count). The highest BCUT2D eigenvalue weighted by Crippen LogP contribution is 2.31. The molecule has 4 aromatic carbocycles. The Balaban J connectivity index is 1.65. The van der Waals surface area contributed by atoms with E-state index in [1.807, 2.05) is 97.1 Å². The van der Waals surface area contributed by atoms with Gasteiger partial charge in [-0.15, -0.1) is 0 Å². The second-order valence-electron chi connectivity index (χ2n) is 7.34. The summed E-state index contributed by atoms with van der Waals surface area (Å²) < 4.78 is 11.6. The van der Waals surface area contributed by atoms with Crippen LogP contribution in [0.2, 0.25) is 0 Å². The van der Waals surface area contributed by atoms with Crippen LogP contribution in [0.1, 0.15) is 33.1 Å². The van der Waals surface area contributed by atoms with Crippen LogP contribution in [0.3, 0.4) is 0 Å². The summed E-state index contributed by atoms with van der Waals surface area (Å²) in [6, 6.07) is 34.7. The quantitative estimate of drug-likeness (QED) is 0.390. The monoisotopic (exact) mass is 423 g/mol. The molecule has 0 saturated heterocycles. The van der Waals surface area contributed by atoms with Gasteiger partial charge in [-0.05, 0) is 28.8 Å². The molecule has 0 saturated carbocycles. The average molecular weight is 424 g/mol. The molecule has 32 heavy (non-hydrogen) atoms. The van der Waals surface area contributed by atoms with Crippen molar-refractivity contribution in [2.24, 2.45) is 0 Å². The molecule has 0 spiro atoms. The van der Waals surface area contributed by atoms with Gasteiger partial charge in [0.15, 0.2) is 0 Å². The number of hydrogen-bond acceptors (Lipinski definition) is 3. The lowest BCUT2D eigenvalue weighted by Crippen LogP contribution is -2.30. The highest BCUT2D eigenvalue weighted by Gasteiger charge is 2.23. The molecule has 1 N–H and O–H groups in total. The van der Waals surface area contributed by atoms with Crippen molar-refractivity contribution in [1.82, 2.24) is 5.32 Å². The Morgan fingerprint density at radius 2 is 1.25 bits per heavy atom. The molecule has 0 heterocycles. The Morgan fingerprint density at radius 3 is 1.81 bits per heavy atom. The normalized spacial score (nSPS) is 10.6. The van der Waals surface area contributed by atoms with Crippen LogP contribution in [-0.4, -0.2) is 13.0 Å². The number of methoxy groups -OCH3 is 1. The van der Waals surface area contributed by atoms with Gasteiger partial charge in [0.05, 0.1) is 13.2 Å². The molecule has 0 aliphatic carbocycles. The molecule has 0 bridgehead atoms. The number of benzene rings is 4. The molecule has 0 unspecified atom stereocenters. The van der Waals surface area contributed by atoms with Crippen molar-refractivity contribution in [3.05, 3.63) is 131 Å². The van der Waals surface area contributed by atoms with E-state index in [1.54, 1.807) is 19.2 Å². The predicted molar refractivity (Wildman–Crippen MR) is 126 cm³/mol. The Morgan fingerprint density at radius 1 is 0.719 bits per heavy atom. The summed E-state index contributed by atoms with van der Waals surface area (Å²) in [6.07, 6.45) is 0. The van der Waals surface area contributed by atoms with Crippen molar-refractivity contribution in [2.75, 3.05) is 7.11 Å². The van der Waals surface area contributed by atoms with Crippen molar-refractivity contribution in [1.29, 1.82) is 0 Å². The lowest BCUT2D eigenvalue weighted by molar-refractivity contribution is 0.0935. The summed E-state index contributed by atoms with van der Waals surface area (Å²) in [5.41, 5.74) is 3.39. The summed E-state index contributed by atoms with van der Waals surface area (Å²) in [5, 5.41) is 3.18. The Kier molecular flexibility index (Phi) is 6.83. The van der Waals surface area contributed by atoms with Crippen LogP contribution in [0, 0.1) is 0 Å². The van der Waals surface area contributed by atoms with Crippen molar-refractivity contribution in [2.45, 2.75) is 12.6 Å². The van der Waals surface area contributed by atoms with Gasteiger partial charge in [0, 0.05) is 0 Å². The summed E-state index contributed by atoms with van der Waals surface area (Å²) in [7, 11) is 1.55. The molecule has 0 radical (unpaired) electrons.